The first-order chi connectivity index (χ1) is 9.10. The summed E-state index contributed by atoms with van der Waals surface area (Å²) < 4.78 is 19.2. The lowest BCUT2D eigenvalue weighted by Gasteiger charge is -2.12. The number of ether oxygens (including phenoxy) is 1. The molecule has 0 aromatic heterocycles. The summed E-state index contributed by atoms with van der Waals surface area (Å²) in [7, 11) is 1.64. The van der Waals surface area contributed by atoms with E-state index in [0.717, 1.165) is 27.0 Å². The monoisotopic (exact) mass is 323 g/mol. The van der Waals surface area contributed by atoms with E-state index in [4.69, 9.17) is 4.74 Å². The molecule has 0 bridgehead atoms. The number of nitrogens with one attached hydrogen (secondary N) is 1. The van der Waals surface area contributed by atoms with Crippen molar-refractivity contribution >= 4 is 21.6 Å². The molecular weight excluding hydrogens is 309 g/mol. The fraction of sp³-hybridized carbons (Fsp3) is 0.200. The minimum absolute atomic E-state index is 0.217. The summed E-state index contributed by atoms with van der Waals surface area (Å²) in [5.41, 5.74) is 2.90. The molecule has 0 spiro atoms. The van der Waals surface area contributed by atoms with Gasteiger partial charge in [0.25, 0.3) is 0 Å². The molecule has 4 heteroatoms. The van der Waals surface area contributed by atoms with Gasteiger partial charge in [0.1, 0.15) is 11.6 Å². The minimum atomic E-state index is -0.217. The van der Waals surface area contributed by atoms with Crippen LogP contribution in [0.2, 0.25) is 0 Å². The Morgan fingerprint density at radius 1 is 1.21 bits per heavy atom. The van der Waals surface area contributed by atoms with Gasteiger partial charge in [0, 0.05) is 16.7 Å². The van der Waals surface area contributed by atoms with E-state index >= 15 is 0 Å². The fourth-order valence-corrected chi connectivity index (χ4v) is 2.22. The topological polar surface area (TPSA) is 21.3 Å². The first-order valence-corrected chi connectivity index (χ1v) is 6.72. The van der Waals surface area contributed by atoms with Crippen LogP contribution in [0.15, 0.2) is 40.9 Å². The predicted octanol–water partition coefficient (Wildman–Crippen LogP) is 4.52. The molecule has 2 aromatic rings. The van der Waals surface area contributed by atoms with E-state index in [2.05, 4.69) is 21.2 Å². The van der Waals surface area contributed by atoms with Crippen LogP contribution in [0.1, 0.15) is 11.1 Å². The molecule has 0 atom stereocenters. The Labute approximate surface area is 120 Å². The van der Waals surface area contributed by atoms with E-state index in [1.165, 1.54) is 12.1 Å². The Balaban J connectivity index is 2.14. The third-order valence-electron chi connectivity index (χ3n) is 2.91. The van der Waals surface area contributed by atoms with Gasteiger partial charge in [-0.25, -0.2) is 4.39 Å². The Kier molecular flexibility index (Phi) is 4.43. The van der Waals surface area contributed by atoms with Gasteiger partial charge < -0.3 is 10.1 Å². The largest absolute Gasteiger partial charge is 0.497 e. The number of benzene rings is 2. The van der Waals surface area contributed by atoms with Crippen molar-refractivity contribution < 1.29 is 9.13 Å². The lowest BCUT2D eigenvalue weighted by molar-refractivity contribution is 0.414. The summed E-state index contributed by atoms with van der Waals surface area (Å²) >= 11 is 3.51. The van der Waals surface area contributed by atoms with Gasteiger partial charge in [0.05, 0.1) is 7.11 Å². The van der Waals surface area contributed by atoms with Crippen molar-refractivity contribution in [3.8, 4) is 5.75 Å². The first-order valence-electron chi connectivity index (χ1n) is 5.92. The van der Waals surface area contributed by atoms with E-state index in [1.807, 2.05) is 25.1 Å². The van der Waals surface area contributed by atoms with Gasteiger partial charge in [0.15, 0.2) is 0 Å². The molecule has 0 aliphatic carbocycles. The van der Waals surface area contributed by atoms with E-state index in [9.17, 15) is 4.39 Å². The fourth-order valence-electron chi connectivity index (χ4n) is 1.83. The number of aryl methyl sites for hydroxylation is 1. The Hall–Kier alpha value is -1.55. The van der Waals surface area contributed by atoms with Crippen LogP contribution in [0.3, 0.4) is 0 Å². The van der Waals surface area contributed by atoms with Crippen molar-refractivity contribution in [1.82, 2.24) is 0 Å². The zero-order chi connectivity index (χ0) is 13.8. The van der Waals surface area contributed by atoms with Crippen molar-refractivity contribution in [2.24, 2.45) is 0 Å². The van der Waals surface area contributed by atoms with Crippen LogP contribution in [0.25, 0.3) is 0 Å². The Bertz CT molecular complexity index is 586. The van der Waals surface area contributed by atoms with Gasteiger partial charge in [-0.3, -0.25) is 0 Å². The maximum atomic E-state index is 13.0. The van der Waals surface area contributed by atoms with Gasteiger partial charge in [-0.2, -0.15) is 0 Å². The van der Waals surface area contributed by atoms with Crippen LogP contribution in [0, 0.1) is 12.7 Å². The van der Waals surface area contributed by atoms with Crippen molar-refractivity contribution in [3.63, 3.8) is 0 Å². The van der Waals surface area contributed by atoms with Gasteiger partial charge in [-0.1, -0.05) is 15.9 Å². The normalized spacial score (nSPS) is 10.3. The molecule has 0 saturated carbocycles. The standard InChI is InChI=1S/C15H15BrFNO/c1-10-7-12(17)3-6-15(10)18-9-11-8-13(19-2)4-5-14(11)16/h3-8,18H,9H2,1-2H3. The van der Waals surface area contributed by atoms with Gasteiger partial charge in [-0.15, -0.1) is 0 Å². The minimum Gasteiger partial charge on any atom is -0.497 e. The van der Waals surface area contributed by atoms with Crippen molar-refractivity contribution in [2.45, 2.75) is 13.5 Å². The molecule has 0 amide bonds. The van der Waals surface area contributed by atoms with Crippen LogP contribution in [0.5, 0.6) is 5.75 Å². The van der Waals surface area contributed by atoms with Gasteiger partial charge >= 0.3 is 0 Å². The number of rotatable bonds is 4. The maximum absolute atomic E-state index is 13.0. The molecule has 1 N–H and O–H groups in total. The van der Waals surface area contributed by atoms with Crippen LogP contribution < -0.4 is 10.1 Å². The molecule has 0 aliphatic heterocycles. The van der Waals surface area contributed by atoms with E-state index < -0.39 is 0 Å². The average Bonchev–Trinajstić information content (AvgIpc) is 2.39. The van der Waals surface area contributed by atoms with E-state index in [0.29, 0.717) is 6.54 Å². The highest BCUT2D eigenvalue weighted by Gasteiger charge is 2.04. The molecule has 19 heavy (non-hydrogen) atoms. The van der Waals surface area contributed by atoms with Crippen LogP contribution in [-0.2, 0) is 6.54 Å². The molecule has 0 fully saturated rings. The number of hydrogen-bond acceptors (Lipinski definition) is 2. The molecule has 0 radical (unpaired) electrons. The SMILES string of the molecule is COc1ccc(Br)c(CNc2ccc(F)cc2C)c1. The maximum Gasteiger partial charge on any atom is 0.123 e. The third-order valence-corrected chi connectivity index (χ3v) is 3.68. The van der Waals surface area contributed by atoms with E-state index in [-0.39, 0.29) is 5.82 Å². The number of methoxy groups -OCH3 is 1. The Morgan fingerprint density at radius 2 is 2.00 bits per heavy atom. The molecule has 0 aliphatic rings. The zero-order valence-electron chi connectivity index (χ0n) is 10.8. The molecule has 0 unspecified atom stereocenters. The molecule has 0 saturated heterocycles. The van der Waals surface area contributed by atoms with Crippen LogP contribution in [0.4, 0.5) is 10.1 Å². The predicted molar refractivity (Wildman–Crippen MR) is 79.2 cm³/mol. The summed E-state index contributed by atoms with van der Waals surface area (Å²) in [6.07, 6.45) is 0. The summed E-state index contributed by atoms with van der Waals surface area (Å²) in [4.78, 5) is 0. The van der Waals surface area contributed by atoms with Gasteiger partial charge in [-0.05, 0) is 54.4 Å². The van der Waals surface area contributed by atoms with Crippen molar-refractivity contribution in [3.05, 3.63) is 57.8 Å². The molecule has 0 heterocycles. The third kappa shape index (κ3) is 3.47. The van der Waals surface area contributed by atoms with Gasteiger partial charge in [0.2, 0.25) is 0 Å². The molecule has 2 rings (SSSR count). The van der Waals surface area contributed by atoms with Crippen molar-refractivity contribution in [2.75, 3.05) is 12.4 Å². The van der Waals surface area contributed by atoms with Crippen LogP contribution >= 0.6 is 15.9 Å². The van der Waals surface area contributed by atoms with Crippen molar-refractivity contribution in [1.29, 1.82) is 0 Å². The molecule has 2 nitrogen and oxygen atoms in total. The molecule has 2 aromatic carbocycles. The second kappa shape index (κ2) is 6.06. The average molecular weight is 324 g/mol. The smallest absolute Gasteiger partial charge is 0.123 e. The Morgan fingerprint density at radius 3 is 2.68 bits per heavy atom. The first kappa shape index (κ1) is 13.9. The highest BCUT2D eigenvalue weighted by molar-refractivity contribution is 9.10. The number of halogens is 2. The lowest BCUT2D eigenvalue weighted by Crippen LogP contribution is -2.02. The lowest BCUT2D eigenvalue weighted by atomic mass is 10.1. The second-order valence-corrected chi connectivity index (χ2v) is 5.12. The summed E-state index contributed by atoms with van der Waals surface area (Å²) in [5.74, 6) is 0.599. The zero-order valence-corrected chi connectivity index (χ0v) is 12.4. The second-order valence-electron chi connectivity index (χ2n) is 4.27. The number of hydrogen-bond donors (Lipinski definition) is 1. The highest BCUT2D eigenvalue weighted by atomic mass is 79.9. The summed E-state index contributed by atoms with van der Waals surface area (Å²) in [6.45, 7) is 2.52. The summed E-state index contributed by atoms with van der Waals surface area (Å²) in [5, 5.41) is 3.30. The number of anilines is 1. The van der Waals surface area contributed by atoms with E-state index in [1.54, 1.807) is 13.2 Å². The van der Waals surface area contributed by atoms with Crippen LogP contribution in [-0.4, -0.2) is 7.11 Å². The molecule has 100 valence electrons. The highest BCUT2D eigenvalue weighted by Crippen LogP contribution is 2.24. The summed E-state index contributed by atoms with van der Waals surface area (Å²) in [6, 6.07) is 10.5. The molecular formula is C15H15BrFNO. The quantitative estimate of drug-likeness (QED) is 0.893.